The molecule has 2 N–H and O–H groups in total. The molecule has 0 aliphatic carbocycles. The van der Waals surface area contributed by atoms with Gasteiger partial charge < -0.3 is 20.1 Å². The van der Waals surface area contributed by atoms with Gasteiger partial charge in [-0.15, -0.1) is 0 Å². The Morgan fingerprint density at radius 3 is 2.41 bits per heavy atom. The van der Waals surface area contributed by atoms with Crippen molar-refractivity contribution in [2.45, 2.75) is 58.4 Å². The van der Waals surface area contributed by atoms with Crippen LogP contribution in [0.5, 0.6) is 5.75 Å². The van der Waals surface area contributed by atoms with Crippen LogP contribution in [-0.2, 0) is 35.8 Å². The summed E-state index contributed by atoms with van der Waals surface area (Å²) in [5, 5.41) is 11.6. The van der Waals surface area contributed by atoms with E-state index >= 15 is 0 Å². The molecule has 0 unspecified atom stereocenters. The number of nitrogens with zero attached hydrogens (tertiary/aromatic N) is 1. The number of carboxylic acid groups (broad SMARTS) is 1. The molecule has 2 aromatic carbocycles. The molecule has 0 saturated carbocycles. The van der Waals surface area contributed by atoms with E-state index in [4.69, 9.17) is 4.74 Å². The van der Waals surface area contributed by atoms with Crippen LogP contribution in [0.25, 0.3) is 0 Å². The summed E-state index contributed by atoms with van der Waals surface area (Å²) in [6, 6.07) is 6.27. The standard InChI is InChI=1S/C32H35F3N2O7/c1-18-13-22(33)28(35)29(27(18)34)44-17-25(39)23(15-26(40)41)36-30(42)20-10-7-8-12-37(16-20)31(43)24(38)14-19-9-5-6-11-21(19)32(2,3)4/h5-9,11,13,20,23H,10,12,14-17H2,1-4H3,(H,36,42)(H,40,41)/t20-,23+/m1/s1. The Bertz CT molecular complexity index is 1460. The zero-order valence-corrected chi connectivity index (χ0v) is 24.9. The maximum Gasteiger partial charge on any atom is 0.305 e. The minimum Gasteiger partial charge on any atom is -0.481 e. The van der Waals surface area contributed by atoms with E-state index in [1.807, 2.05) is 32.9 Å². The van der Waals surface area contributed by atoms with Gasteiger partial charge in [0.25, 0.3) is 5.91 Å². The van der Waals surface area contributed by atoms with Crippen LogP contribution >= 0.6 is 0 Å². The normalized spacial score (nSPS) is 15.7. The number of rotatable bonds is 11. The van der Waals surface area contributed by atoms with E-state index in [9.17, 15) is 42.3 Å². The number of hydrogen-bond acceptors (Lipinski definition) is 6. The fourth-order valence-corrected chi connectivity index (χ4v) is 4.85. The van der Waals surface area contributed by atoms with Gasteiger partial charge in [-0.25, -0.2) is 8.78 Å². The van der Waals surface area contributed by atoms with Crippen molar-refractivity contribution in [2.75, 3.05) is 19.7 Å². The number of aryl methyl sites for hydroxylation is 1. The lowest BCUT2D eigenvalue weighted by Gasteiger charge is -2.26. The molecule has 1 heterocycles. The first-order chi connectivity index (χ1) is 20.6. The molecule has 0 spiro atoms. The molecule has 0 radical (unpaired) electrons. The number of allylic oxidation sites excluding steroid dienone is 1. The van der Waals surface area contributed by atoms with E-state index in [1.54, 1.807) is 24.3 Å². The molecular weight excluding hydrogens is 581 g/mol. The second-order valence-corrected chi connectivity index (χ2v) is 11.7. The molecule has 0 aromatic heterocycles. The zero-order chi connectivity index (χ0) is 32.8. The van der Waals surface area contributed by atoms with Crippen molar-refractivity contribution in [2.24, 2.45) is 5.92 Å². The Morgan fingerprint density at radius 1 is 1.07 bits per heavy atom. The predicted octanol–water partition coefficient (Wildman–Crippen LogP) is 3.83. The summed E-state index contributed by atoms with van der Waals surface area (Å²) >= 11 is 0. The Hall–Kier alpha value is -4.48. The van der Waals surface area contributed by atoms with Crippen molar-refractivity contribution in [1.82, 2.24) is 10.2 Å². The number of ketones is 2. The number of carboxylic acids is 1. The van der Waals surface area contributed by atoms with E-state index in [0.717, 1.165) is 12.5 Å². The molecule has 3 rings (SSSR count). The van der Waals surface area contributed by atoms with Crippen molar-refractivity contribution in [3.8, 4) is 5.75 Å². The molecule has 2 aromatic rings. The van der Waals surface area contributed by atoms with E-state index in [2.05, 4.69) is 5.32 Å². The van der Waals surface area contributed by atoms with Gasteiger partial charge in [0.05, 0.1) is 12.3 Å². The Kier molecular flexibility index (Phi) is 11.1. The monoisotopic (exact) mass is 616 g/mol. The highest BCUT2D eigenvalue weighted by Gasteiger charge is 2.32. The third kappa shape index (κ3) is 8.55. The summed E-state index contributed by atoms with van der Waals surface area (Å²) in [6.45, 7) is 5.96. The summed E-state index contributed by atoms with van der Waals surface area (Å²) in [6.07, 6.45) is 2.37. The van der Waals surface area contributed by atoms with Gasteiger partial charge in [0, 0.05) is 19.5 Å². The van der Waals surface area contributed by atoms with Crippen LogP contribution in [0.1, 0.15) is 50.3 Å². The third-order valence-electron chi connectivity index (χ3n) is 7.17. The van der Waals surface area contributed by atoms with Gasteiger partial charge in [0.1, 0.15) is 12.6 Å². The van der Waals surface area contributed by atoms with Gasteiger partial charge in [0.2, 0.25) is 17.5 Å². The van der Waals surface area contributed by atoms with Crippen molar-refractivity contribution in [1.29, 1.82) is 0 Å². The van der Waals surface area contributed by atoms with Gasteiger partial charge in [-0.1, -0.05) is 57.2 Å². The Labute approximate surface area is 253 Å². The first-order valence-electron chi connectivity index (χ1n) is 14.0. The van der Waals surface area contributed by atoms with Crippen LogP contribution in [-0.4, -0.2) is 65.1 Å². The highest BCUT2D eigenvalue weighted by Crippen LogP contribution is 2.28. The lowest BCUT2D eigenvalue weighted by Crippen LogP contribution is -2.49. The van der Waals surface area contributed by atoms with Crippen molar-refractivity contribution in [3.05, 3.63) is 76.6 Å². The smallest absolute Gasteiger partial charge is 0.305 e. The van der Waals surface area contributed by atoms with Crippen molar-refractivity contribution < 1.29 is 47.0 Å². The van der Waals surface area contributed by atoms with Crippen LogP contribution in [0, 0.1) is 30.3 Å². The number of nitrogens with one attached hydrogen (secondary N) is 1. The highest BCUT2D eigenvalue weighted by molar-refractivity contribution is 6.36. The maximum absolute atomic E-state index is 14.3. The minimum absolute atomic E-state index is 0.0603. The molecule has 236 valence electrons. The lowest BCUT2D eigenvalue weighted by molar-refractivity contribution is -0.145. The molecular formula is C32H35F3N2O7. The topological polar surface area (TPSA) is 130 Å². The molecule has 0 bridgehead atoms. The number of hydrogen-bond donors (Lipinski definition) is 2. The summed E-state index contributed by atoms with van der Waals surface area (Å²) in [5.74, 6) is -11.1. The number of benzene rings is 2. The maximum atomic E-state index is 14.3. The molecule has 0 saturated heterocycles. The minimum atomic E-state index is -1.66. The number of aliphatic carboxylic acids is 1. The van der Waals surface area contributed by atoms with Gasteiger partial charge >= 0.3 is 5.97 Å². The molecule has 1 aliphatic heterocycles. The van der Waals surface area contributed by atoms with Crippen molar-refractivity contribution in [3.63, 3.8) is 0 Å². The molecule has 12 heteroatoms. The molecule has 0 fully saturated rings. The second-order valence-electron chi connectivity index (χ2n) is 11.7. The van der Waals surface area contributed by atoms with Crippen LogP contribution < -0.4 is 10.1 Å². The number of carbonyl (C=O) groups excluding carboxylic acids is 4. The molecule has 2 atom stereocenters. The van der Waals surface area contributed by atoms with Crippen LogP contribution in [0.4, 0.5) is 13.2 Å². The average Bonchev–Trinajstić information content (AvgIpc) is 3.21. The molecule has 1 aliphatic rings. The van der Waals surface area contributed by atoms with Gasteiger partial charge in [-0.2, -0.15) is 4.39 Å². The van der Waals surface area contributed by atoms with Crippen molar-refractivity contribution >= 4 is 29.4 Å². The third-order valence-corrected chi connectivity index (χ3v) is 7.17. The number of Topliss-reactive ketones (excluding diaryl/α,β-unsaturated/α-hetero) is 2. The average molecular weight is 617 g/mol. The summed E-state index contributed by atoms with van der Waals surface area (Å²) in [5.41, 5.74) is 1.09. The summed E-state index contributed by atoms with van der Waals surface area (Å²) in [4.78, 5) is 64.8. The Balaban J connectivity index is 1.70. The van der Waals surface area contributed by atoms with Crippen LogP contribution in [0.15, 0.2) is 42.5 Å². The predicted molar refractivity (Wildman–Crippen MR) is 153 cm³/mol. The zero-order valence-electron chi connectivity index (χ0n) is 24.9. The van der Waals surface area contributed by atoms with Gasteiger partial charge in [0.15, 0.2) is 23.2 Å². The molecule has 44 heavy (non-hydrogen) atoms. The van der Waals surface area contributed by atoms with E-state index < -0.39 is 77.5 Å². The molecule has 9 nitrogen and oxygen atoms in total. The second kappa shape index (κ2) is 14.3. The van der Waals surface area contributed by atoms with E-state index in [1.165, 1.54) is 4.90 Å². The van der Waals surface area contributed by atoms with Gasteiger partial charge in [-0.3, -0.25) is 24.0 Å². The lowest BCUT2D eigenvalue weighted by atomic mass is 9.82. The van der Waals surface area contributed by atoms with Gasteiger partial charge in [-0.05, 0) is 41.5 Å². The first-order valence-corrected chi connectivity index (χ1v) is 14.0. The van der Waals surface area contributed by atoms with Crippen LogP contribution in [0.2, 0.25) is 0 Å². The summed E-state index contributed by atoms with van der Waals surface area (Å²) < 4.78 is 46.9. The number of halogens is 3. The Morgan fingerprint density at radius 2 is 1.75 bits per heavy atom. The largest absolute Gasteiger partial charge is 0.481 e. The first kappa shape index (κ1) is 34.0. The number of ether oxygens (including phenoxy) is 1. The fourth-order valence-electron chi connectivity index (χ4n) is 4.85. The fraction of sp³-hybridized carbons (Fsp3) is 0.406. The number of carbonyl (C=O) groups is 5. The van der Waals surface area contributed by atoms with Crippen LogP contribution in [0.3, 0.4) is 0 Å². The molecule has 2 amide bonds. The quantitative estimate of drug-likeness (QED) is 0.223. The highest BCUT2D eigenvalue weighted by atomic mass is 19.2. The SMILES string of the molecule is Cc1cc(F)c(F)c(OCC(=O)[C@H](CC(=O)O)NC(=O)[C@@H]2CC=CCN(C(=O)C(=O)Cc3ccccc3C(C)(C)C)C2)c1F. The van der Waals surface area contributed by atoms with E-state index in [-0.39, 0.29) is 36.9 Å². The van der Waals surface area contributed by atoms with E-state index in [0.29, 0.717) is 11.6 Å². The summed E-state index contributed by atoms with van der Waals surface area (Å²) in [7, 11) is 0. The number of amides is 2.